The number of hydrogen-bond donors (Lipinski definition) is 1. The number of carbonyl (C=O) groups is 1. The topological polar surface area (TPSA) is 96.7 Å². The number of nitrogens with two attached hydrogens (primary N) is 1. The van der Waals surface area contributed by atoms with Gasteiger partial charge in [-0.25, -0.2) is 4.52 Å². The van der Waals surface area contributed by atoms with Gasteiger partial charge in [0.05, 0.1) is 11.8 Å². The molecule has 0 saturated carbocycles. The number of nitrogens with zero attached hydrogens (tertiary/aromatic N) is 4. The highest BCUT2D eigenvalue weighted by Crippen LogP contribution is 2.31. The molecular formula is C23H29N5O2. The Morgan fingerprint density at radius 3 is 2.47 bits per heavy atom. The van der Waals surface area contributed by atoms with E-state index in [1.165, 1.54) is 25.9 Å². The van der Waals surface area contributed by atoms with Crippen LogP contribution in [-0.2, 0) is 0 Å². The number of ether oxygens (including phenoxy) is 1. The quantitative estimate of drug-likeness (QED) is 0.509. The van der Waals surface area contributed by atoms with Crippen LogP contribution in [0.25, 0.3) is 5.52 Å². The molecule has 3 heterocycles. The Labute approximate surface area is 177 Å². The minimum atomic E-state index is 0.342. The molecule has 0 bridgehead atoms. The number of benzene rings is 1. The number of likely N-dealkylation sites (tertiary alicyclic amines) is 1. The number of aldehydes is 1. The lowest BCUT2D eigenvalue weighted by molar-refractivity contribution is 0.112. The van der Waals surface area contributed by atoms with E-state index in [-0.39, 0.29) is 0 Å². The van der Waals surface area contributed by atoms with Gasteiger partial charge in [0.15, 0.2) is 12.0 Å². The number of anilines is 1. The maximum atomic E-state index is 11.1. The fourth-order valence-corrected chi connectivity index (χ4v) is 3.16. The van der Waals surface area contributed by atoms with E-state index in [1.54, 1.807) is 41.2 Å². The summed E-state index contributed by atoms with van der Waals surface area (Å²) in [5, 5.41) is 13.3. The zero-order chi connectivity index (χ0) is 22.1. The standard InChI is InChI=1S/C16H12N4O2.C5H11N.C2H6/c1-10-12(9-21)8-20-16(10)15(4-5-19-20)22-14-3-2-13(18)6-11(14)7-17;1-6-4-2-3-5-6;1-2/h2-6,8-9H,18H2,1H3;2-5H2,1H3;1-2H3. The molecule has 1 aromatic carbocycles. The molecule has 1 aliphatic heterocycles. The van der Waals surface area contributed by atoms with Gasteiger partial charge in [-0.3, -0.25) is 4.79 Å². The van der Waals surface area contributed by atoms with Gasteiger partial charge in [0.1, 0.15) is 17.3 Å². The van der Waals surface area contributed by atoms with Crippen molar-refractivity contribution in [2.24, 2.45) is 0 Å². The second-order valence-electron chi connectivity index (χ2n) is 6.80. The summed E-state index contributed by atoms with van der Waals surface area (Å²) < 4.78 is 7.43. The van der Waals surface area contributed by atoms with Crippen LogP contribution in [0.4, 0.5) is 5.69 Å². The van der Waals surface area contributed by atoms with E-state index < -0.39 is 0 Å². The van der Waals surface area contributed by atoms with Crippen LogP contribution in [0.5, 0.6) is 11.5 Å². The van der Waals surface area contributed by atoms with Gasteiger partial charge in [-0.15, -0.1) is 0 Å². The second kappa shape index (κ2) is 11.0. The molecule has 1 aliphatic rings. The highest BCUT2D eigenvalue weighted by molar-refractivity contribution is 5.84. The van der Waals surface area contributed by atoms with Crippen LogP contribution in [0.1, 0.15) is 48.2 Å². The molecular weight excluding hydrogens is 378 g/mol. The summed E-state index contributed by atoms with van der Waals surface area (Å²) >= 11 is 0. The normalized spacial score (nSPS) is 12.9. The summed E-state index contributed by atoms with van der Waals surface area (Å²) in [5.74, 6) is 0.917. The first-order chi connectivity index (χ1) is 14.5. The average Bonchev–Trinajstić information content (AvgIpc) is 3.38. The number of hydrogen-bond acceptors (Lipinski definition) is 6. The SMILES string of the molecule is CC.CN1CCCC1.Cc1c(C=O)cn2nccc(Oc3ccc(N)cc3C#N)c12. The summed E-state index contributed by atoms with van der Waals surface area (Å²) in [7, 11) is 2.17. The largest absolute Gasteiger partial charge is 0.454 e. The van der Waals surface area contributed by atoms with Crippen LogP contribution in [0.15, 0.2) is 36.7 Å². The smallest absolute Gasteiger partial charge is 0.155 e. The van der Waals surface area contributed by atoms with Crippen LogP contribution in [0.2, 0.25) is 0 Å². The van der Waals surface area contributed by atoms with Crippen LogP contribution in [0.3, 0.4) is 0 Å². The molecule has 1 saturated heterocycles. The van der Waals surface area contributed by atoms with E-state index in [0.29, 0.717) is 33.8 Å². The third-order valence-corrected chi connectivity index (χ3v) is 4.73. The molecule has 0 atom stereocenters. The van der Waals surface area contributed by atoms with Gasteiger partial charge in [0.2, 0.25) is 0 Å². The molecule has 30 heavy (non-hydrogen) atoms. The molecule has 3 aromatic rings. The van der Waals surface area contributed by atoms with E-state index in [4.69, 9.17) is 10.5 Å². The molecule has 7 heteroatoms. The van der Waals surface area contributed by atoms with Crippen molar-refractivity contribution < 1.29 is 9.53 Å². The van der Waals surface area contributed by atoms with Crippen LogP contribution >= 0.6 is 0 Å². The number of nitrogen functional groups attached to an aromatic ring is 1. The van der Waals surface area contributed by atoms with Gasteiger partial charge >= 0.3 is 0 Å². The maximum absolute atomic E-state index is 11.1. The van der Waals surface area contributed by atoms with Crippen molar-refractivity contribution in [1.82, 2.24) is 14.5 Å². The Hall–Kier alpha value is -3.37. The Morgan fingerprint density at radius 2 is 1.90 bits per heavy atom. The van der Waals surface area contributed by atoms with E-state index in [0.717, 1.165) is 11.8 Å². The summed E-state index contributed by atoms with van der Waals surface area (Å²) in [6, 6.07) is 8.60. The predicted octanol–water partition coefficient (Wildman–Crippen LogP) is 4.44. The molecule has 0 unspecified atom stereocenters. The molecule has 0 aliphatic carbocycles. The zero-order valence-corrected chi connectivity index (χ0v) is 18.1. The van der Waals surface area contributed by atoms with Gasteiger partial charge < -0.3 is 15.4 Å². The number of fused-ring (bicyclic) bond motifs is 1. The number of nitriles is 1. The Kier molecular flexibility index (Phi) is 8.39. The minimum absolute atomic E-state index is 0.342. The van der Waals surface area contributed by atoms with E-state index in [2.05, 4.69) is 23.1 Å². The molecule has 7 nitrogen and oxygen atoms in total. The van der Waals surface area contributed by atoms with Gasteiger partial charge in [0, 0.05) is 23.5 Å². The van der Waals surface area contributed by atoms with Gasteiger partial charge in [-0.05, 0) is 63.7 Å². The fraction of sp³-hybridized carbons (Fsp3) is 0.348. The lowest BCUT2D eigenvalue weighted by Crippen LogP contribution is -2.10. The van der Waals surface area contributed by atoms with Crippen molar-refractivity contribution in [3.63, 3.8) is 0 Å². The maximum Gasteiger partial charge on any atom is 0.155 e. The predicted molar refractivity (Wildman–Crippen MR) is 119 cm³/mol. The Bertz CT molecular complexity index is 1030. The van der Waals surface area contributed by atoms with Crippen molar-refractivity contribution in [1.29, 1.82) is 5.26 Å². The summed E-state index contributed by atoms with van der Waals surface area (Å²) in [5.41, 5.74) is 8.51. The highest BCUT2D eigenvalue weighted by Gasteiger charge is 2.14. The van der Waals surface area contributed by atoms with E-state index >= 15 is 0 Å². The van der Waals surface area contributed by atoms with Crippen molar-refractivity contribution in [2.45, 2.75) is 33.6 Å². The molecule has 1 fully saturated rings. The van der Waals surface area contributed by atoms with Crippen molar-refractivity contribution in [2.75, 3.05) is 25.9 Å². The third-order valence-electron chi connectivity index (χ3n) is 4.73. The molecule has 2 aromatic heterocycles. The molecule has 4 rings (SSSR count). The first-order valence-electron chi connectivity index (χ1n) is 10.1. The van der Waals surface area contributed by atoms with Crippen molar-refractivity contribution in [3.8, 4) is 17.6 Å². The second-order valence-corrected chi connectivity index (χ2v) is 6.80. The summed E-state index contributed by atoms with van der Waals surface area (Å²) in [4.78, 5) is 13.4. The summed E-state index contributed by atoms with van der Waals surface area (Å²) in [6.45, 7) is 8.46. The molecule has 0 amide bonds. The van der Waals surface area contributed by atoms with Crippen molar-refractivity contribution in [3.05, 3.63) is 53.3 Å². The first-order valence-corrected chi connectivity index (χ1v) is 10.1. The summed E-state index contributed by atoms with van der Waals surface area (Å²) in [6.07, 6.45) is 6.81. The highest BCUT2D eigenvalue weighted by atomic mass is 16.5. The lowest BCUT2D eigenvalue weighted by Gasteiger charge is -2.10. The molecule has 0 radical (unpaired) electrons. The Balaban J connectivity index is 0.000000340. The van der Waals surface area contributed by atoms with E-state index in [1.807, 2.05) is 20.8 Å². The van der Waals surface area contributed by atoms with Gasteiger partial charge in [-0.1, -0.05) is 13.8 Å². The number of carbonyl (C=O) groups excluding carboxylic acids is 1. The minimum Gasteiger partial charge on any atom is -0.454 e. The van der Waals surface area contributed by atoms with E-state index in [9.17, 15) is 10.1 Å². The van der Waals surface area contributed by atoms with Gasteiger partial charge in [0.25, 0.3) is 0 Å². The molecule has 0 spiro atoms. The molecule has 158 valence electrons. The lowest BCUT2D eigenvalue weighted by atomic mass is 10.2. The first kappa shape index (κ1) is 22.9. The van der Waals surface area contributed by atoms with Crippen molar-refractivity contribution >= 4 is 17.5 Å². The van der Waals surface area contributed by atoms with Crippen LogP contribution in [0, 0.1) is 18.3 Å². The fourth-order valence-electron chi connectivity index (χ4n) is 3.16. The van der Waals surface area contributed by atoms with Gasteiger partial charge in [-0.2, -0.15) is 10.4 Å². The zero-order valence-electron chi connectivity index (χ0n) is 18.1. The number of aryl methyl sites for hydroxylation is 1. The average molecular weight is 408 g/mol. The van der Waals surface area contributed by atoms with Crippen LogP contribution < -0.4 is 10.5 Å². The van der Waals surface area contributed by atoms with Crippen LogP contribution in [-0.4, -0.2) is 40.9 Å². The monoisotopic (exact) mass is 407 g/mol. The molecule has 2 N–H and O–H groups in total. The Morgan fingerprint density at radius 1 is 1.20 bits per heavy atom. The number of aromatic nitrogens is 2. The number of rotatable bonds is 3. The third kappa shape index (κ3) is 5.37.